The fourth-order valence-electron chi connectivity index (χ4n) is 1.85. The molecule has 128 valence electrons. The van der Waals surface area contributed by atoms with Gasteiger partial charge in [0.15, 0.2) is 12.6 Å². The van der Waals surface area contributed by atoms with E-state index in [0.29, 0.717) is 24.8 Å². The Kier molecular flexibility index (Phi) is 8.57. The smallest absolute Gasteiger partial charge is 0.257 e. The first-order valence-electron chi connectivity index (χ1n) is 7.98. The summed E-state index contributed by atoms with van der Waals surface area (Å²) in [6.07, 6.45) is 0. The second-order valence-corrected chi connectivity index (χ2v) is 5.59. The molecule has 6 heteroatoms. The lowest BCUT2D eigenvalue weighted by Crippen LogP contribution is -2.38. The standard InChI is InChI=1S/C17H28N4O2/c1-5-19-16(22)12-23-15-8-6-7-14(9-15)11-21-17(18-4)20-10-13(2)3/h6-9,13H,5,10-12H2,1-4H3,(H,19,22)(H2,18,20,21). The minimum absolute atomic E-state index is 0.0301. The summed E-state index contributed by atoms with van der Waals surface area (Å²) >= 11 is 0. The molecule has 0 aliphatic carbocycles. The van der Waals surface area contributed by atoms with Gasteiger partial charge in [0, 0.05) is 26.7 Å². The van der Waals surface area contributed by atoms with Crippen molar-refractivity contribution in [3.05, 3.63) is 29.8 Å². The van der Waals surface area contributed by atoms with Crippen LogP contribution in [0.5, 0.6) is 5.75 Å². The highest BCUT2D eigenvalue weighted by Crippen LogP contribution is 2.13. The summed E-state index contributed by atoms with van der Waals surface area (Å²) in [5.41, 5.74) is 1.06. The first-order chi connectivity index (χ1) is 11.0. The number of rotatable bonds is 8. The molecule has 1 aromatic carbocycles. The van der Waals surface area contributed by atoms with Gasteiger partial charge in [0.05, 0.1) is 0 Å². The van der Waals surface area contributed by atoms with Gasteiger partial charge < -0.3 is 20.7 Å². The Morgan fingerprint density at radius 2 is 2.04 bits per heavy atom. The van der Waals surface area contributed by atoms with Crippen molar-refractivity contribution in [2.75, 3.05) is 26.7 Å². The van der Waals surface area contributed by atoms with Crippen LogP contribution in [0.25, 0.3) is 0 Å². The number of nitrogens with one attached hydrogen (secondary N) is 3. The van der Waals surface area contributed by atoms with Gasteiger partial charge >= 0.3 is 0 Å². The van der Waals surface area contributed by atoms with Crippen molar-refractivity contribution in [3.63, 3.8) is 0 Å². The number of aliphatic imine (C=N–C) groups is 1. The van der Waals surface area contributed by atoms with Crippen molar-refractivity contribution in [2.45, 2.75) is 27.3 Å². The quantitative estimate of drug-likeness (QED) is 0.501. The molecule has 0 unspecified atom stereocenters. The number of guanidine groups is 1. The number of likely N-dealkylation sites (N-methyl/N-ethyl adjacent to an activating group) is 1. The van der Waals surface area contributed by atoms with Gasteiger partial charge in [-0.1, -0.05) is 26.0 Å². The molecule has 0 heterocycles. The second-order valence-electron chi connectivity index (χ2n) is 5.59. The van der Waals surface area contributed by atoms with Crippen molar-refractivity contribution >= 4 is 11.9 Å². The Morgan fingerprint density at radius 3 is 2.70 bits per heavy atom. The highest BCUT2D eigenvalue weighted by molar-refractivity contribution is 5.79. The largest absolute Gasteiger partial charge is 0.484 e. The molecule has 0 atom stereocenters. The number of hydrogen-bond acceptors (Lipinski definition) is 3. The van der Waals surface area contributed by atoms with E-state index in [1.807, 2.05) is 31.2 Å². The summed E-state index contributed by atoms with van der Waals surface area (Å²) in [5, 5.41) is 9.22. The molecule has 0 aromatic heterocycles. The Labute approximate surface area is 138 Å². The minimum Gasteiger partial charge on any atom is -0.484 e. The van der Waals surface area contributed by atoms with Gasteiger partial charge in [-0.2, -0.15) is 0 Å². The molecule has 0 aliphatic rings. The van der Waals surface area contributed by atoms with Gasteiger partial charge in [0.1, 0.15) is 5.75 Å². The molecule has 1 aromatic rings. The predicted octanol–water partition coefficient (Wildman–Crippen LogP) is 1.52. The van der Waals surface area contributed by atoms with Crippen molar-refractivity contribution in [2.24, 2.45) is 10.9 Å². The van der Waals surface area contributed by atoms with Crippen LogP contribution < -0.4 is 20.7 Å². The average molecular weight is 320 g/mol. The zero-order valence-electron chi connectivity index (χ0n) is 14.5. The van der Waals surface area contributed by atoms with Crippen LogP contribution in [0.4, 0.5) is 0 Å². The van der Waals surface area contributed by atoms with Gasteiger partial charge in [0.2, 0.25) is 0 Å². The molecule has 0 saturated carbocycles. The van der Waals surface area contributed by atoms with E-state index in [4.69, 9.17) is 4.74 Å². The van der Waals surface area contributed by atoms with Gasteiger partial charge in [-0.3, -0.25) is 9.79 Å². The molecule has 0 aliphatic heterocycles. The first kappa shape index (κ1) is 18.8. The van der Waals surface area contributed by atoms with Gasteiger partial charge in [-0.25, -0.2) is 0 Å². The number of carbonyl (C=O) groups excluding carboxylic acids is 1. The third-order valence-corrected chi connectivity index (χ3v) is 3.00. The molecule has 0 fully saturated rings. The zero-order chi connectivity index (χ0) is 17.1. The van der Waals surface area contributed by atoms with Crippen LogP contribution in [0.1, 0.15) is 26.3 Å². The maximum Gasteiger partial charge on any atom is 0.257 e. The summed E-state index contributed by atoms with van der Waals surface area (Å²) in [7, 11) is 1.75. The van der Waals surface area contributed by atoms with Crippen LogP contribution in [-0.4, -0.2) is 38.6 Å². The third kappa shape index (κ3) is 8.09. The van der Waals surface area contributed by atoms with Crippen LogP contribution >= 0.6 is 0 Å². The summed E-state index contributed by atoms with van der Waals surface area (Å²) in [4.78, 5) is 15.6. The number of nitrogens with zero attached hydrogens (tertiary/aromatic N) is 1. The summed E-state index contributed by atoms with van der Waals surface area (Å²) in [5.74, 6) is 1.89. The summed E-state index contributed by atoms with van der Waals surface area (Å²) in [6, 6.07) is 7.67. The van der Waals surface area contributed by atoms with E-state index < -0.39 is 0 Å². The maximum absolute atomic E-state index is 11.4. The second kappa shape index (κ2) is 10.5. The fraction of sp³-hybridized carbons (Fsp3) is 0.529. The van der Waals surface area contributed by atoms with Gasteiger partial charge in [0.25, 0.3) is 5.91 Å². The van der Waals surface area contributed by atoms with E-state index in [1.54, 1.807) is 7.05 Å². The van der Waals surface area contributed by atoms with E-state index >= 15 is 0 Å². The normalized spacial score (nSPS) is 11.3. The number of carbonyl (C=O) groups is 1. The highest BCUT2D eigenvalue weighted by atomic mass is 16.5. The molecule has 1 amide bonds. The Balaban J connectivity index is 2.48. The first-order valence-corrected chi connectivity index (χ1v) is 7.98. The summed E-state index contributed by atoms with van der Waals surface area (Å²) in [6.45, 7) is 8.32. The summed E-state index contributed by atoms with van der Waals surface area (Å²) < 4.78 is 5.49. The SMILES string of the molecule is CCNC(=O)COc1cccc(CNC(=NC)NCC(C)C)c1. The van der Waals surface area contributed by atoms with E-state index in [9.17, 15) is 4.79 Å². The van der Waals surface area contributed by atoms with E-state index in [-0.39, 0.29) is 12.5 Å². The van der Waals surface area contributed by atoms with Crippen molar-refractivity contribution in [3.8, 4) is 5.75 Å². The number of amides is 1. The number of benzene rings is 1. The van der Waals surface area contributed by atoms with Gasteiger partial charge in [-0.05, 0) is 30.5 Å². The minimum atomic E-state index is -0.116. The Bertz CT molecular complexity index is 515. The van der Waals surface area contributed by atoms with E-state index in [1.165, 1.54) is 0 Å². The zero-order valence-corrected chi connectivity index (χ0v) is 14.5. The van der Waals surface area contributed by atoms with Crippen molar-refractivity contribution < 1.29 is 9.53 Å². The van der Waals surface area contributed by atoms with Crippen LogP contribution in [-0.2, 0) is 11.3 Å². The Hall–Kier alpha value is -2.24. The van der Waals surface area contributed by atoms with Crippen LogP contribution in [0, 0.1) is 5.92 Å². The van der Waals surface area contributed by atoms with Crippen LogP contribution in [0.15, 0.2) is 29.3 Å². The van der Waals surface area contributed by atoms with Crippen LogP contribution in [0.3, 0.4) is 0 Å². The van der Waals surface area contributed by atoms with Crippen molar-refractivity contribution in [1.29, 1.82) is 0 Å². The average Bonchev–Trinajstić information content (AvgIpc) is 2.53. The molecular formula is C17H28N4O2. The molecule has 0 saturated heterocycles. The lowest BCUT2D eigenvalue weighted by molar-refractivity contribution is -0.122. The maximum atomic E-state index is 11.4. The number of hydrogen-bond donors (Lipinski definition) is 3. The fourth-order valence-corrected chi connectivity index (χ4v) is 1.85. The van der Waals surface area contributed by atoms with E-state index in [2.05, 4.69) is 34.8 Å². The topological polar surface area (TPSA) is 74.8 Å². The number of ether oxygens (including phenoxy) is 1. The van der Waals surface area contributed by atoms with E-state index in [0.717, 1.165) is 18.1 Å². The lowest BCUT2D eigenvalue weighted by Gasteiger charge is -2.14. The molecule has 0 spiro atoms. The highest BCUT2D eigenvalue weighted by Gasteiger charge is 2.03. The molecule has 1 rings (SSSR count). The molecule has 0 bridgehead atoms. The predicted molar refractivity (Wildman–Crippen MR) is 93.7 cm³/mol. The molecule has 23 heavy (non-hydrogen) atoms. The molecular weight excluding hydrogens is 292 g/mol. The Morgan fingerprint density at radius 1 is 1.26 bits per heavy atom. The monoisotopic (exact) mass is 320 g/mol. The van der Waals surface area contributed by atoms with Crippen LogP contribution in [0.2, 0.25) is 0 Å². The lowest BCUT2D eigenvalue weighted by atomic mass is 10.2. The molecule has 0 radical (unpaired) electrons. The van der Waals surface area contributed by atoms with Gasteiger partial charge in [-0.15, -0.1) is 0 Å². The molecule has 6 nitrogen and oxygen atoms in total. The molecule has 3 N–H and O–H groups in total. The third-order valence-electron chi connectivity index (χ3n) is 3.00. The van der Waals surface area contributed by atoms with Crippen molar-refractivity contribution in [1.82, 2.24) is 16.0 Å².